The van der Waals surface area contributed by atoms with Crippen molar-refractivity contribution in [1.82, 2.24) is 5.32 Å². The minimum atomic E-state index is 0.842. The Hall–Kier alpha value is -0.0400. The highest BCUT2D eigenvalue weighted by Crippen LogP contribution is 2.13. The van der Waals surface area contributed by atoms with Gasteiger partial charge in [0.1, 0.15) is 0 Å². The molecule has 0 radical (unpaired) electrons. The van der Waals surface area contributed by atoms with Crippen LogP contribution in [0.3, 0.4) is 0 Å². The zero-order valence-electron chi connectivity index (χ0n) is 8.48. The van der Waals surface area contributed by atoms with Gasteiger partial charge in [0.25, 0.3) is 0 Å². The maximum atomic E-state index is 3.21. The summed E-state index contributed by atoms with van der Waals surface area (Å²) in [6.45, 7) is 8.09. The summed E-state index contributed by atoms with van der Waals surface area (Å²) in [5.74, 6) is 1.75. The molecule has 0 saturated heterocycles. The molecule has 0 saturated carbocycles. The first-order chi connectivity index (χ1) is 5.20. The first kappa shape index (κ1) is 11.0. The average molecular weight is 157 g/mol. The summed E-state index contributed by atoms with van der Waals surface area (Å²) in [6, 6.07) is 0. The van der Waals surface area contributed by atoms with Crippen molar-refractivity contribution in [3.05, 3.63) is 0 Å². The largest absolute Gasteiger partial charge is 0.319 e. The van der Waals surface area contributed by atoms with E-state index in [1.54, 1.807) is 0 Å². The molecule has 0 aromatic carbocycles. The van der Waals surface area contributed by atoms with E-state index in [4.69, 9.17) is 0 Å². The molecule has 0 fully saturated rings. The third-order valence-corrected chi connectivity index (χ3v) is 2.40. The lowest BCUT2D eigenvalue weighted by Crippen LogP contribution is -2.16. The molecule has 1 N–H and O–H groups in total. The third kappa shape index (κ3) is 6.36. The Bertz CT molecular complexity index is 80.9. The first-order valence-corrected chi connectivity index (χ1v) is 4.85. The van der Waals surface area contributed by atoms with Crippen LogP contribution in [0.15, 0.2) is 0 Å². The van der Waals surface area contributed by atoms with Crippen molar-refractivity contribution in [3.8, 4) is 0 Å². The highest BCUT2D eigenvalue weighted by molar-refractivity contribution is 4.58. The second-order valence-electron chi connectivity index (χ2n) is 3.75. The predicted molar refractivity (Wildman–Crippen MR) is 51.8 cm³/mol. The van der Waals surface area contributed by atoms with E-state index in [9.17, 15) is 0 Å². The molecule has 0 aliphatic rings. The fraction of sp³-hybridized carbons (Fsp3) is 1.00. The van der Waals surface area contributed by atoms with Crippen LogP contribution in [0.5, 0.6) is 0 Å². The second-order valence-corrected chi connectivity index (χ2v) is 3.75. The van der Waals surface area contributed by atoms with Crippen molar-refractivity contribution in [2.45, 2.75) is 40.0 Å². The van der Waals surface area contributed by atoms with Gasteiger partial charge in [-0.1, -0.05) is 33.6 Å². The molecule has 68 valence electrons. The Balaban J connectivity index is 3.22. The quantitative estimate of drug-likeness (QED) is 0.625. The number of nitrogens with one attached hydrogen (secondary N) is 1. The molecular formula is C10H23N. The molecule has 0 aromatic rings. The summed E-state index contributed by atoms with van der Waals surface area (Å²) in [5.41, 5.74) is 0. The van der Waals surface area contributed by atoms with Crippen LogP contribution in [-0.4, -0.2) is 13.6 Å². The maximum absolute atomic E-state index is 3.21. The number of hydrogen-bond acceptors (Lipinski definition) is 1. The van der Waals surface area contributed by atoms with E-state index >= 15 is 0 Å². The van der Waals surface area contributed by atoms with Gasteiger partial charge in [-0.25, -0.2) is 0 Å². The minimum Gasteiger partial charge on any atom is -0.319 e. The maximum Gasteiger partial charge on any atom is -0.00262 e. The van der Waals surface area contributed by atoms with Crippen molar-refractivity contribution in [1.29, 1.82) is 0 Å². The monoisotopic (exact) mass is 157 g/mol. The molecule has 0 aliphatic heterocycles. The van der Waals surface area contributed by atoms with E-state index < -0.39 is 0 Å². The Morgan fingerprint density at radius 3 is 2.09 bits per heavy atom. The van der Waals surface area contributed by atoms with Gasteiger partial charge in [0.2, 0.25) is 0 Å². The zero-order chi connectivity index (χ0) is 8.69. The molecule has 0 rings (SSSR count). The van der Waals surface area contributed by atoms with Crippen LogP contribution < -0.4 is 5.32 Å². The minimum absolute atomic E-state index is 0.842. The van der Waals surface area contributed by atoms with E-state index in [2.05, 4.69) is 26.1 Å². The van der Waals surface area contributed by atoms with E-state index in [0.29, 0.717) is 0 Å². The molecular weight excluding hydrogens is 134 g/mol. The Morgan fingerprint density at radius 2 is 1.64 bits per heavy atom. The summed E-state index contributed by atoms with van der Waals surface area (Å²) in [4.78, 5) is 0. The van der Waals surface area contributed by atoms with Crippen molar-refractivity contribution in [3.63, 3.8) is 0 Å². The van der Waals surface area contributed by atoms with Gasteiger partial charge in [-0.2, -0.15) is 0 Å². The second kappa shape index (κ2) is 6.66. The van der Waals surface area contributed by atoms with Gasteiger partial charge in [-0.05, 0) is 31.8 Å². The van der Waals surface area contributed by atoms with Crippen LogP contribution in [0.25, 0.3) is 0 Å². The molecule has 2 unspecified atom stereocenters. The molecule has 0 spiro atoms. The zero-order valence-corrected chi connectivity index (χ0v) is 8.48. The molecule has 11 heavy (non-hydrogen) atoms. The van der Waals surface area contributed by atoms with Crippen LogP contribution in [0.2, 0.25) is 0 Å². The van der Waals surface area contributed by atoms with Gasteiger partial charge in [0.05, 0.1) is 0 Å². The predicted octanol–water partition coefficient (Wildman–Crippen LogP) is 2.67. The van der Waals surface area contributed by atoms with Crippen molar-refractivity contribution < 1.29 is 0 Å². The molecule has 0 aromatic heterocycles. The Labute approximate surface area is 71.6 Å². The standard InChI is InChI=1S/C10H23N/c1-5-9(2)6-7-10(3)8-11-4/h9-11H,5-8H2,1-4H3. The lowest BCUT2D eigenvalue weighted by atomic mass is 9.96. The lowest BCUT2D eigenvalue weighted by molar-refractivity contribution is 0.414. The SMILES string of the molecule is CCC(C)CCC(C)CNC. The van der Waals surface area contributed by atoms with Gasteiger partial charge in [0.15, 0.2) is 0 Å². The highest BCUT2D eigenvalue weighted by Gasteiger charge is 2.03. The highest BCUT2D eigenvalue weighted by atomic mass is 14.8. The Kier molecular flexibility index (Phi) is 6.63. The van der Waals surface area contributed by atoms with Crippen LogP contribution in [-0.2, 0) is 0 Å². The molecule has 0 bridgehead atoms. The fourth-order valence-electron chi connectivity index (χ4n) is 1.22. The number of hydrogen-bond donors (Lipinski definition) is 1. The van der Waals surface area contributed by atoms with E-state index in [-0.39, 0.29) is 0 Å². The molecule has 1 nitrogen and oxygen atoms in total. The van der Waals surface area contributed by atoms with Gasteiger partial charge in [0, 0.05) is 0 Å². The summed E-state index contributed by atoms with van der Waals surface area (Å²) in [7, 11) is 2.03. The van der Waals surface area contributed by atoms with Crippen LogP contribution >= 0.6 is 0 Å². The van der Waals surface area contributed by atoms with Crippen molar-refractivity contribution >= 4 is 0 Å². The van der Waals surface area contributed by atoms with Gasteiger partial charge < -0.3 is 5.32 Å². The normalized spacial score (nSPS) is 16.4. The van der Waals surface area contributed by atoms with Crippen LogP contribution in [0, 0.1) is 11.8 Å². The summed E-state index contributed by atoms with van der Waals surface area (Å²) in [6.07, 6.45) is 4.08. The molecule has 1 heteroatoms. The van der Waals surface area contributed by atoms with Gasteiger partial charge in [-0.15, -0.1) is 0 Å². The van der Waals surface area contributed by atoms with E-state index in [1.165, 1.54) is 19.3 Å². The Morgan fingerprint density at radius 1 is 1.09 bits per heavy atom. The van der Waals surface area contributed by atoms with Gasteiger partial charge in [-0.3, -0.25) is 0 Å². The molecule has 0 amide bonds. The smallest absolute Gasteiger partial charge is 0.00262 e. The molecule has 0 aliphatic carbocycles. The molecule has 2 atom stereocenters. The average Bonchev–Trinajstić information content (AvgIpc) is 2.01. The fourth-order valence-corrected chi connectivity index (χ4v) is 1.22. The van der Waals surface area contributed by atoms with Crippen molar-refractivity contribution in [2.24, 2.45) is 11.8 Å². The van der Waals surface area contributed by atoms with E-state index in [0.717, 1.165) is 18.4 Å². The summed E-state index contributed by atoms with van der Waals surface area (Å²) in [5, 5.41) is 3.21. The van der Waals surface area contributed by atoms with Gasteiger partial charge >= 0.3 is 0 Å². The van der Waals surface area contributed by atoms with E-state index in [1.807, 2.05) is 7.05 Å². The topological polar surface area (TPSA) is 12.0 Å². The molecule has 0 heterocycles. The van der Waals surface area contributed by atoms with Crippen LogP contribution in [0.4, 0.5) is 0 Å². The third-order valence-electron chi connectivity index (χ3n) is 2.40. The summed E-state index contributed by atoms with van der Waals surface area (Å²) >= 11 is 0. The summed E-state index contributed by atoms with van der Waals surface area (Å²) < 4.78 is 0. The lowest BCUT2D eigenvalue weighted by Gasteiger charge is -2.13. The van der Waals surface area contributed by atoms with Crippen molar-refractivity contribution in [2.75, 3.05) is 13.6 Å². The number of rotatable bonds is 6. The van der Waals surface area contributed by atoms with Crippen LogP contribution in [0.1, 0.15) is 40.0 Å². The first-order valence-electron chi connectivity index (χ1n) is 4.85.